The molecule has 3 nitrogen and oxygen atoms in total. The molecule has 0 aliphatic rings. The van der Waals surface area contributed by atoms with Gasteiger partial charge in [-0.2, -0.15) is 0 Å². The van der Waals surface area contributed by atoms with Crippen molar-refractivity contribution in [2.45, 2.75) is 6.54 Å². The molecule has 15 heavy (non-hydrogen) atoms. The fourth-order valence-corrected chi connectivity index (χ4v) is 1.84. The summed E-state index contributed by atoms with van der Waals surface area (Å²) in [6, 6.07) is 7.49. The van der Waals surface area contributed by atoms with Crippen molar-refractivity contribution in [2.24, 2.45) is 0 Å². The van der Waals surface area contributed by atoms with Crippen LogP contribution in [0.1, 0.15) is 5.56 Å². The number of rotatable bonds is 5. The normalized spacial score (nSPS) is 11.6. The van der Waals surface area contributed by atoms with Crippen molar-refractivity contribution in [1.82, 2.24) is 5.32 Å². The Kier molecular flexibility index (Phi) is 4.57. The largest absolute Gasteiger partial charge is 0.312 e. The van der Waals surface area contributed by atoms with E-state index in [1.165, 1.54) is 6.26 Å². The quantitative estimate of drug-likeness (QED) is 0.802. The van der Waals surface area contributed by atoms with E-state index in [0.29, 0.717) is 18.1 Å². The summed E-state index contributed by atoms with van der Waals surface area (Å²) < 4.78 is 21.7. The molecule has 0 aromatic heterocycles. The molecule has 0 spiro atoms. The van der Waals surface area contributed by atoms with Gasteiger partial charge in [-0.25, -0.2) is 8.42 Å². The van der Waals surface area contributed by atoms with Gasteiger partial charge < -0.3 is 5.32 Å². The van der Waals surface area contributed by atoms with E-state index in [-0.39, 0.29) is 5.75 Å². The van der Waals surface area contributed by atoms with Gasteiger partial charge in [0.1, 0.15) is 9.84 Å². The fraction of sp³-hybridized carbons (Fsp3) is 0.400. The lowest BCUT2D eigenvalue weighted by molar-refractivity contribution is 0.596. The van der Waals surface area contributed by atoms with Crippen molar-refractivity contribution in [3.05, 3.63) is 34.9 Å². The fourth-order valence-electron chi connectivity index (χ4n) is 1.12. The molecule has 0 bridgehead atoms. The molecule has 0 unspecified atom stereocenters. The summed E-state index contributed by atoms with van der Waals surface area (Å²) in [5, 5.41) is 3.73. The molecule has 0 fully saturated rings. The van der Waals surface area contributed by atoms with Gasteiger partial charge in [0.05, 0.1) is 5.75 Å². The van der Waals surface area contributed by atoms with Crippen molar-refractivity contribution in [2.75, 3.05) is 18.6 Å². The van der Waals surface area contributed by atoms with Gasteiger partial charge in [0.25, 0.3) is 0 Å². The molecule has 84 valence electrons. The number of hydrogen-bond acceptors (Lipinski definition) is 3. The highest BCUT2D eigenvalue weighted by molar-refractivity contribution is 7.90. The Bertz CT molecular complexity index is 417. The molecule has 0 atom stereocenters. The predicted octanol–water partition coefficient (Wildman–Crippen LogP) is 1.47. The van der Waals surface area contributed by atoms with Crippen LogP contribution in [0, 0.1) is 0 Å². The SMILES string of the molecule is CS(=O)(=O)CCNCc1ccccc1Cl. The van der Waals surface area contributed by atoms with Crippen LogP contribution in [0.25, 0.3) is 0 Å². The van der Waals surface area contributed by atoms with Crippen LogP contribution in [-0.4, -0.2) is 27.0 Å². The summed E-state index contributed by atoms with van der Waals surface area (Å²) in [4.78, 5) is 0. The molecule has 5 heteroatoms. The van der Waals surface area contributed by atoms with E-state index in [0.717, 1.165) is 5.56 Å². The van der Waals surface area contributed by atoms with Crippen LogP contribution in [0.4, 0.5) is 0 Å². The number of hydrogen-bond donors (Lipinski definition) is 1. The smallest absolute Gasteiger partial charge is 0.148 e. The maximum absolute atomic E-state index is 10.8. The van der Waals surface area contributed by atoms with E-state index in [2.05, 4.69) is 5.32 Å². The second kappa shape index (κ2) is 5.49. The Morgan fingerprint density at radius 2 is 2.00 bits per heavy atom. The zero-order chi connectivity index (χ0) is 11.3. The van der Waals surface area contributed by atoms with Crippen molar-refractivity contribution in [3.63, 3.8) is 0 Å². The van der Waals surface area contributed by atoms with Crippen LogP contribution in [0.5, 0.6) is 0 Å². The molecule has 1 N–H and O–H groups in total. The van der Waals surface area contributed by atoms with Crippen LogP contribution in [0.2, 0.25) is 5.02 Å². The monoisotopic (exact) mass is 247 g/mol. The molecule has 1 rings (SSSR count). The molecular weight excluding hydrogens is 234 g/mol. The summed E-state index contributed by atoms with van der Waals surface area (Å²) in [5.74, 6) is 0.150. The lowest BCUT2D eigenvalue weighted by Gasteiger charge is -2.05. The Morgan fingerprint density at radius 1 is 1.33 bits per heavy atom. The first-order valence-electron chi connectivity index (χ1n) is 4.61. The minimum absolute atomic E-state index is 0.150. The van der Waals surface area contributed by atoms with Crippen LogP contribution in [0.15, 0.2) is 24.3 Å². The van der Waals surface area contributed by atoms with Crippen LogP contribution in [-0.2, 0) is 16.4 Å². The number of halogens is 1. The van der Waals surface area contributed by atoms with E-state index in [4.69, 9.17) is 11.6 Å². The highest BCUT2D eigenvalue weighted by Crippen LogP contribution is 2.13. The molecule has 1 aromatic carbocycles. The third kappa shape index (κ3) is 5.16. The topological polar surface area (TPSA) is 46.2 Å². The lowest BCUT2D eigenvalue weighted by atomic mass is 10.2. The first kappa shape index (κ1) is 12.5. The maximum atomic E-state index is 10.8. The van der Waals surface area contributed by atoms with Crippen molar-refractivity contribution in [1.29, 1.82) is 0 Å². The second-order valence-corrected chi connectivity index (χ2v) is 6.07. The predicted molar refractivity (Wildman–Crippen MR) is 62.9 cm³/mol. The third-order valence-electron chi connectivity index (χ3n) is 1.92. The summed E-state index contributed by atoms with van der Waals surface area (Å²) >= 11 is 5.93. The van der Waals surface area contributed by atoms with Crippen LogP contribution in [0.3, 0.4) is 0 Å². The number of sulfone groups is 1. The number of benzene rings is 1. The van der Waals surface area contributed by atoms with Crippen molar-refractivity contribution < 1.29 is 8.42 Å². The van der Waals surface area contributed by atoms with Gasteiger partial charge in [0, 0.05) is 24.4 Å². The summed E-state index contributed by atoms with van der Waals surface area (Å²) in [6.45, 7) is 1.04. The van der Waals surface area contributed by atoms with Gasteiger partial charge in [-0.05, 0) is 11.6 Å². The first-order valence-corrected chi connectivity index (χ1v) is 7.05. The van der Waals surface area contributed by atoms with Gasteiger partial charge in [-0.1, -0.05) is 29.8 Å². The van der Waals surface area contributed by atoms with E-state index < -0.39 is 9.84 Å². The zero-order valence-corrected chi connectivity index (χ0v) is 10.1. The summed E-state index contributed by atoms with van der Waals surface area (Å²) in [6.07, 6.45) is 1.23. The minimum Gasteiger partial charge on any atom is -0.312 e. The van der Waals surface area contributed by atoms with Gasteiger partial charge >= 0.3 is 0 Å². The molecule has 0 aliphatic heterocycles. The van der Waals surface area contributed by atoms with E-state index in [1.807, 2.05) is 24.3 Å². The molecule has 0 aliphatic carbocycles. The molecule has 0 radical (unpaired) electrons. The summed E-state index contributed by atoms with van der Waals surface area (Å²) in [5.41, 5.74) is 0.979. The lowest BCUT2D eigenvalue weighted by Crippen LogP contribution is -2.22. The Balaban J connectivity index is 2.36. The van der Waals surface area contributed by atoms with Crippen molar-refractivity contribution in [3.8, 4) is 0 Å². The van der Waals surface area contributed by atoms with Gasteiger partial charge in [-0.15, -0.1) is 0 Å². The van der Waals surface area contributed by atoms with Crippen LogP contribution < -0.4 is 5.32 Å². The average molecular weight is 248 g/mol. The maximum Gasteiger partial charge on any atom is 0.148 e. The summed E-state index contributed by atoms with van der Waals surface area (Å²) in [7, 11) is -2.88. The van der Waals surface area contributed by atoms with E-state index >= 15 is 0 Å². The van der Waals surface area contributed by atoms with Gasteiger partial charge in [0.2, 0.25) is 0 Å². The third-order valence-corrected chi connectivity index (χ3v) is 3.24. The molecular formula is C10H14ClNO2S. The molecule has 1 aromatic rings. The van der Waals surface area contributed by atoms with E-state index in [1.54, 1.807) is 0 Å². The van der Waals surface area contributed by atoms with Crippen molar-refractivity contribution >= 4 is 21.4 Å². The Morgan fingerprint density at radius 3 is 2.60 bits per heavy atom. The second-order valence-electron chi connectivity index (χ2n) is 3.40. The minimum atomic E-state index is -2.88. The number of nitrogens with one attached hydrogen (secondary N) is 1. The highest BCUT2D eigenvalue weighted by Gasteiger charge is 2.02. The van der Waals surface area contributed by atoms with Gasteiger partial charge in [0.15, 0.2) is 0 Å². The molecule has 0 heterocycles. The zero-order valence-electron chi connectivity index (χ0n) is 8.53. The Labute approximate surface area is 95.4 Å². The molecule has 0 amide bonds. The molecule has 0 saturated carbocycles. The molecule has 0 saturated heterocycles. The average Bonchev–Trinajstić information content (AvgIpc) is 2.13. The first-order chi connectivity index (χ1) is 6.99. The van der Waals surface area contributed by atoms with E-state index in [9.17, 15) is 8.42 Å². The van der Waals surface area contributed by atoms with Crippen LogP contribution >= 0.6 is 11.6 Å². The standard InChI is InChI=1S/C10H14ClNO2S/c1-15(13,14)7-6-12-8-9-4-2-3-5-10(9)11/h2-5,12H,6-8H2,1H3. The van der Waals surface area contributed by atoms with Gasteiger partial charge in [-0.3, -0.25) is 0 Å². The highest BCUT2D eigenvalue weighted by atomic mass is 35.5. The Hall–Kier alpha value is -0.580.